The monoisotopic (exact) mass is 556 g/mol. The molecule has 3 aromatic carbocycles. The number of nitrogens with one attached hydrogen (secondary N) is 1. The van der Waals surface area contributed by atoms with Gasteiger partial charge in [-0.05, 0) is 69.5 Å². The number of hydrogen-bond donors (Lipinski definition) is 1. The van der Waals surface area contributed by atoms with E-state index in [9.17, 15) is 4.79 Å². The van der Waals surface area contributed by atoms with Crippen LogP contribution in [0, 0.1) is 0 Å². The van der Waals surface area contributed by atoms with Crippen LogP contribution in [0.1, 0.15) is 21.7 Å². The number of nitrogens with zero attached hydrogens (tertiary/aromatic N) is 1. The molecule has 0 bridgehead atoms. The number of carbonyl (C=O) groups excluding carboxylic acids is 1. The highest BCUT2D eigenvalue weighted by Gasteiger charge is 2.14. The second kappa shape index (κ2) is 10.0. The standard InChI is InChI=1S/C24H18Br2N2O4/c1-30-21-4-2-3-17-12-22(32-23(17)21)24(29)28-27-13-16-7-10-20(19(26)11-16)31-14-15-5-8-18(25)9-6-15/h2-13H,14H2,1H3,(H,28,29)/b27-13-. The number of amides is 1. The molecule has 0 unspecified atom stereocenters. The Kier molecular flexibility index (Phi) is 6.92. The number of hydrogen-bond acceptors (Lipinski definition) is 5. The van der Waals surface area contributed by atoms with Gasteiger partial charge in [0.1, 0.15) is 12.4 Å². The molecule has 1 N–H and O–H groups in total. The summed E-state index contributed by atoms with van der Waals surface area (Å²) in [4.78, 5) is 12.4. The first-order valence-corrected chi connectivity index (χ1v) is 11.2. The Hall–Kier alpha value is -3.10. The average Bonchev–Trinajstić information content (AvgIpc) is 3.24. The van der Waals surface area contributed by atoms with Crippen molar-refractivity contribution in [2.75, 3.05) is 7.11 Å². The Morgan fingerprint density at radius 3 is 2.62 bits per heavy atom. The predicted molar refractivity (Wildman–Crippen MR) is 130 cm³/mol. The third kappa shape index (κ3) is 5.20. The number of furan rings is 1. The molecule has 1 aromatic heterocycles. The van der Waals surface area contributed by atoms with Crippen LogP contribution in [0.5, 0.6) is 11.5 Å². The molecule has 0 radical (unpaired) electrons. The van der Waals surface area contributed by atoms with Gasteiger partial charge in [-0.15, -0.1) is 0 Å². The van der Waals surface area contributed by atoms with Crippen LogP contribution in [0.3, 0.4) is 0 Å². The molecule has 1 heterocycles. The van der Waals surface area contributed by atoms with E-state index in [1.54, 1.807) is 25.5 Å². The van der Waals surface area contributed by atoms with Crippen LogP contribution in [0.25, 0.3) is 11.0 Å². The lowest BCUT2D eigenvalue weighted by molar-refractivity contribution is 0.0929. The Labute approximate surface area is 201 Å². The van der Waals surface area contributed by atoms with Gasteiger partial charge in [-0.1, -0.05) is 40.2 Å². The van der Waals surface area contributed by atoms with Gasteiger partial charge in [0, 0.05) is 9.86 Å². The lowest BCUT2D eigenvalue weighted by Gasteiger charge is -2.09. The molecular weight excluding hydrogens is 540 g/mol. The molecule has 6 nitrogen and oxygen atoms in total. The maximum Gasteiger partial charge on any atom is 0.307 e. The van der Waals surface area contributed by atoms with E-state index in [1.807, 2.05) is 54.6 Å². The minimum Gasteiger partial charge on any atom is -0.493 e. The van der Waals surface area contributed by atoms with Crippen molar-refractivity contribution in [3.8, 4) is 11.5 Å². The van der Waals surface area contributed by atoms with Crippen molar-refractivity contribution in [2.45, 2.75) is 6.61 Å². The quantitative estimate of drug-likeness (QED) is 0.213. The number of rotatable bonds is 7. The number of ether oxygens (including phenoxy) is 2. The highest BCUT2D eigenvalue weighted by molar-refractivity contribution is 9.10. The summed E-state index contributed by atoms with van der Waals surface area (Å²) in [7, 11) is 1.55. The van der Waals surface area contributed by atoms with Crippen molar-refractivity contribution in [3.05, 3.63) is 92.6 Å². The Morgan fingerprint density at radius 2 is 1.88 bits per heavy atom. The number of hydrazone groups is 1. The van der Waals surface area contributed by atoms with Crippen LogP contribution in [-0.4, -0.2) is 19.2 Å². The van der Waals surface area contributed by atoms with E-state index < -0.39 is 5.91 Å². The number of para-hydroxylation sites is 1. The number of fused-ring (bicyclic) bond motifs is 1. The molecule has 0 saturated heterocycles. The number of carbonyl (C=O) groups is 1. The van der Waals surface area contributed by atoms with Gasteiger partial charge in [0.25, 0.3) is 0 Å². The Balaban J connectivity index is 1.37. The van der Waals surface area contributed by atoms with Crippen molar-refractivity contribution in [3.63, 3.8) is 0 Å². The molecule has 32 heavy (non-hydrogen) atoms. The van der Waals surface area contributed by atoms with Crippen LogP contribution in [0.15, 0.2) is 85.2 Å². The highest BCUT2D eigenvalue weighted by Crippen LogP contribution is 2.29. The normalized spacial score (nSPS) is 11.1. The summed E-state index contributed by atoms with van der Waals surface area (Å²) in [6.45, 7) is 0.456. The summed E-state index contributed by atoms with van der Waals surface area (Å²) < 4.78 is 18.6. The van der Waals surface area contributed by atoms with Gasteiger partial charge in [0.15, 0.2) is 17.1 Å². The molecule has 0 aliphatic carbocycles. The van der Waals surface area contributed by atoms with E-state index in [4.69, 9.17) is 13.9 Å². The fraction of sp³-hybridized carbons (Fsp3) is 0.0833. The minimum absolute atomic E-state index is 0.152. The Morgan fingerprint density at radius 1 is 1.06 bits per heavy atom. The summed E-state index contributed by atoms with van der Waals surface area (Å²) in [6.07, 6.45) is 1.55. The summed E-state index contributed by atoms with van der Waals surface area (Å²) in [5, 5.41) is 4.80. The van der Waals surface area contributed by atoms with Crippen molar-refractivity contribution in [2.24, 2.45) is 5.10 Å². The molecule has 0 saturated carbocycles. The van der Waals surface area contributed by atoms with E-state index in [1.165, 1.54) is 0 Å². The minimum atomic E-state index is -0.451. The molecule has 0 atom stereocenters. The Bertz CT molecular complexity index is 1280. The van der Waals surface area contributed by atoms with Crippen LogP contribution < -0.4 is 14.9 Å². The largest absolute Gasteiger partial charge is 0.493 e. The van der Waals surface area contributed by atoms with Crippen LogP contribution in [0.4, 0.5) is 0 Å². The molecule has 1 amide bonds. The fourth-order valence-corrected chi connectivity index (χ4v) is 3.76. The van der Waals surface area contributed by atoms with E-state index in [0.29, 0.717) is 23.7 Å². The zero-order valence-electron chi connectivity index (χ0n) is 17.0. The second-order valence-electron chi connectivity index (χ2n) is 6.79. The van der Waals surface area contributed by atoms with E-state index in [2.05, 4.69) is 42.4 Å². The summed E-state index contributed by atoms with van der Waals surface area (Å²) in [5.41, 5.74) is 4.85. The van der Waals surface area contributed by atoms with Crippen molar-refractivity contribution in [1.82, 2.24) is 5.43 Å². The van der Waals surface area contributed by atoms with Gasteiger partial charge in [0.05, 0.1) is 17.8 Å². The van der Waals surface area contributed by atoms with Gasteiger partial charge >= 0.3 is 5.91 Å². The topological polar surface area (TPSA) is 73.1 Å². The number of methoxy groups -OCH3 is 1. The maximum absolute atomic E-state index is 12.4. The average molecular weight is 558 g/mol. The zero-order chi connectivity index (χ0) is 22.5. The number of benzene rings is 3. The van der Waals surface area contributed by atoms with Gasteiger partial charge in [0.2, 0.25) is 0 Å². The van der Waals surface area contributed by atoms with Crippen molar-refractivity contribution in [1.29, 1.82) is 0 Å². The van der Waals surface area contributed by atoms with Gasteiger partial charge in [-0.2, -0.15) is 5.10 Å². The van der Waals surface area contributed by atoms with Crippen molar-refractivity contribution >= 4 is 55.0 Å². The fourth-order valence-electron chi connectivity index (χ4n) is 2.99. The second-order valence-corrected chi connectivity index (χ2v) is 8.56. The molecule has 4 aromatic rings. The molecule has 4 rings (SSSR count). The number of halogens is 2. The van der Waals surface area contributed by atoms with Crippen LogP contribution in [0.2, 0.25) is 0 Å². The van der Waals surface area contributed by atoms with Crippen molar-refractivity contribution < 1.29 is 18.7 Å². The summed E-state index contributed by atoms with van der Waals surface area (Å²) in [6, 6.07) is 20.6. The SMILES string of the molecule is COc1cccc2cc(C(=O)N/N=C\c3ccc(OCc4ccc(Br)cc4)c(Br)c3)oc12. The first kappa shape index (κ1) is 22.1. The third-order valence-electron chi connectivity index (χ3n) is 4.59. The van der Waals surface area contributed by atoms with Gasteiger partial charge in [-0.3, -0.25) is 4.79 Å². The molecule has 0 spiro atoms. The van der Waals surface area contributed by atoms with Crippen LogP contribution in [-0.2, 0) is 6.61 Å². The maximum atomic E-state index is 12.4. The lowest BCUT2D eigenvalue weighted by atomic mass is 10.2. The zero-order valence-corrected chi connectivity index (χ0v) is 20.1. The van der Waals surface area contributed by atoms with E-state index in [0.717, 1.165) is 25.5 Å². The summed E-state index contributed by atoms with van der Waals surface area (Å²) >= 11 is 6.93. The smallest absolute Gasteiger partial charge is 0.307 e. The highest BCUT2D eigenvalue weighted by atomic mass is 79.9. The van der Waals surface area contributed by atoms with Gasteiger partial charge < -0.3 is 13.9 Å². The van der Waals surface area contributed by atoms with Gasteiger partial charge in [-0.25, -0.2) is 5.43 Å². The third-order valence-corrected chi connectivity index (χ3v) is 5.74. The summed E-state index contributed by atoms with van der Waals surface area (Å²) in [5.74, 6) is 0.982. The first-order chi connectivity index (χ1) is 15.5. The molecule has 0 aliphatic heterocycles. The molecule has 162 valence electrons. The molecule has 0 aliphatic rings. The molecule has 0 fully saturated rings. The van der Waals surface area contributed by atoms with E-state index in [-0.39, 0.29) is 5.76 Å². The molecule has 8 heteroatoms. The lowest BCUT2D eigenvalue weighted by Crippen LogP contribution is -2.16. The van der Waals surface area contributed by atoms with E-state index >= 15 is 0 Å². The molecular formula is C24H18Br2N2O4. The first-order valence-electron chi connectivity index (χ1n) is 9.60. The van der Waals surface area contributed by atoms with Crippen LogP contribution >= 0.6 is 31.9 Å². The predicted octanol–water partition coefficient (Wildman–Crippen LogP) is 6.31.